The van der Waals surface area contributed by atoms with Crippen LogP contribution in [-0.2, 0) is 0 Å². The quantitative estimate of drug-likeness (QED) is 0.788. The first kappa shape index (κ1) is 16.6. The van der Waals surface area contributed by atoms with E-state index in [0.717, 1.165) is 42.0 Å². The summed E-state index contributed by atoms with van der Waals surface area (Å²) in [6.45, 7) is 5.54. The molecular weight excluding hydrogens is 326 g/mol. The molecule has 0 spiro atoms. The summed E-state index contributed by atoms with van der Waals surface area (Å²) in [7, 11) is 0. The third kappa shape index (κ3) is 3.03. The van der Waals surface area contributed by atoms with E-state index in [-0.39, 0.29) is 11.9 Å². The van der Waals surface area contributed by atoms with Gasteiger partial charge in [-0.3, -0.25) is 9.89 Å². The SMILES string of the molecule is Cc1ccccc1-c1cc(C(=O)N2CCC[C@@H](n3ccnc3C)C2)[nH]n1. The lowest BCUT2D eigenvalue weighted by atomic mass is 10.0. The Morgan fingerprint density at radius 1 is 1.27 bits per heavy atom. The van der Waals surface area contributed by atoms with E-state index in [9.17, 15) is 4.79 Å². The smallest absolute Gasteiger partial charge is 0.271 e. The Morgan fingerprint density at radius 3 is 2.88 bits per heavy atom. The van der Waals surface area contributed by atoms with Gasteiger partial charge in [0.05, 0.1) is 11.7 Å². The van der Waals surface area contributed by atoms with Gasteiger partial charge in [-0.2, -0.15) is 5.10 Å². The summed E-state index contributed by atoms with van der Waals surface area (Å²) in [4.78, 5) is 19.2. The van der Waals surface area contributed by atoms with Crippen molar-refractivity contribution in [3.63, 3.8) is 0 Å². The monoisotopic (exact) mass is 349 g/mol. The van der Waals surface area contributed by atoms with Gasteiger partial charge in [0, 0.05) is 31.0 Å². The maximum Gasteiger partial charge on any atom is 0.271 e. The predicted molar refractivity (Wildman–Crippen MR) is 99.9 cm³/mol. The molecule has 134 valence electrons. The van der Waals surface area contributed by atoms with E-state index in [2.05, 4.69) is 19.7 Å². The Bertz CT molecular complexity index is 926. The first-order valence-corrected chi connectivity index (χ1v) is 9.03. The largest absolute Gasteiger partial charge is 0.335 e. The zero-order chi connectivity index (χ0) is 18.1. The fourth-order valence-electron chi connectivity index (χ4n) is 3.74. The fourth-order valence-corrected chi connectivity index (χ4v) is 3.74. The van der Waals surface area contributed by atoms with Crippen LogP contribution in [0.3, 0.4) is 0 Å². The lowest BCUT2D eigenvalue weighted by Crippen LogP contribution is -2.41. The van der Waals surface area contributed by atoms with Gasteiger partial charge in [-0.1, -0.05) is 24.3 Å². The first-order chi connectivity index (χ1) is 12.6. The van der Waals surface area contributed by atoms with Crippen molar-refractivity contribution in [2.45, 2.75) is 32.7 Å². The van der Waals surface area contributed by atoms with Crippen LogP contribution in [0, 0.1) is 13.8 Å². The molecule has 0 bridgehead atoms. The van der Waals surface area contributed by atoms with Gasteiger partial charge in [0.15, 0.2) is 0 Å². The predicted octanol–water partition coefficient (Wildman–Crippen LogP) is 3.37. The van der Waals surface area contributed by atoms with Crippen LogP contribution in [0.2, 0.25) is 0 Å². The normalized spacial score (nSPS) is 17.5. The molecule has 2 aromatic heterocycles. The Hall–Kier alpha value is -2.89. The Labute approximate surface area is 152 Å². The third-order valence-corrected chi connectivity index (χ3v) is 5.17. The summed E-state index contributed by atoms with van der Waals surface area (Å²) in [6.07, 6.45) is 5.88. The molecule has 3 heterocycles. The average Bonchev–Trinajstić information content (AvgIpc) is 3.31. The highest BCUT2D eigenvalue weighted by atomic mass is 16.2. The maximum absolute atomic E-state index is 13.0. The number of imidazole rings is 1. The van der Waals surface area contributed by atoms with Crippen molar-refractivity contribution < 1.29 is 4.79 Å². The Morgan fingerprint density at radius 2 is 2.12 bits per heavy atom. The van der Waals surface area contributed by atoms with Crippen molar-refractivity contribution in [3.8, 4) is 11.3 Å². The van der Waals surface area contributed by atoms with Crippen molar-refractivity contribution in [3.05, 3.63) is 59.8 Å². The minimum absolute atomic E-state index is 0.0137. The molecule has 3 aromatic rings. The molecule has 1 aliphatic rings. The number of nitrogens with one attached hydrogen (secondary N) is 1. The fraction of sp³-hybridized carbons (Fsp3) is 0.350. The number of hydrogen-bond acceptors (Lipinski definition) is 3. The molecule has 4 rings (SSSR count). The number of aryl methyl sites for hydroxylation is 2. The zero-order valence-electron chi connectivity index (χ0n) is 15.1. The lowest BCUT2D eigenvalue weighted by molar-refractivity contribution is 0.0672. The second-order valence-corrected chi connectivity index (χ2v) is 6.91. The minimum Gasteiger partial charge on any atom is -0.335 e. The molecule has 1 aliphatic heterocycles. The minimum atomic E-state index is 0.0137. The van der Waals surface area contributed by atoms with E-state index < -0.39 is 0 Å². The first-order valence-electron chi connectivity index (χ1n) is 9.03. The summed E-state index contributed by atoms with van der Waals surface area (Å²) in [5, 5.41) is 7.29. The molecule has 1 saturated heterocycles. The van der Waals surface area contributed by atoms with Gasteiger partial charge in [-0.25, -0.2) is 4.98 Å². The van der Waals surface area contributed by atoms with Gasteiger partial charge < -0.3 is 9.47 Å². The van der Waals surface area contributed by atoms with Crippen molar-refractivity contribution in [2.75, 3.05) is 13.1 Å². The number of benzene rings is 1. The van der Waals surface area contributed by atoms with E-state index in [0.29, 0.717) is 12.2 Å². The summed E-state index contributed by atoms with van der Waals surface area (Å²) >= 11 is 0. The van der Waals surface area contributed by atoms with Gasteiger partial charge in [0.25, 0.3) is 5.91 Å². The number of amides is 1. The molecule has 0 saturated carbocycles. The highest BCUT2D eigenvalue weighted by molar-refractivity contribution is 5.93. The molecule has 1 amide bonds. The van der Waals surface area contributed by atoms with Crippen molar-refractivity contribution in [1.82, 2.24) is 24.6 Å². The van der Waals surface area contributed by atoms with Crippen LogP contribution >= 0.6 is 0 Å². The number of aromatic nitrogens is 4. The molecule has 0 unspecified atom stereocenters. The molecular formula is C20H23N5O. The molecule has 1 aromatic carbocycles. The van der Waals surface area contributed by atoms with Crippen LogP contribution in [0.15, 0.2) is 42.7 Å². The van der Waals surface area contributed by atoms with E-state index in [1.165, 1.54) is 0 Å². The number of aromatic amines is 1. The number of H-pyrrole nitrogens is 1. The molecule has 1 fully saturated rings. The highest BCUT2D eigenvalue weighted by Gasteiger charge is 2.27. The Balaban J connectivity index is 1.53. The van der Waals surface area contributed by atoms with E-state index >= 15 is 0 Å². The van der Waals surface area contributed by atoms with Crippen LogP contribution in [-0.4, -0.2) is 43.6 Å². The van der Waals surface area contributed by atoms with Gasteiger partial charge in [0.2, 0.25) is 0 Å². The third-order valence-electron chi connectivity index (χ3n) is 5.17. The number of nitrogens with zero attached hydrogens (tertiary/aromatic N) is 4. The number of carbonyl (C=O) groups excluding carboxylic acids is 1. The summed E-state index contributed by atoms with van der Waals surface area (Å²) < 4.78 is 2.17. The zero-order valence-corrected chi connectivity index (χ0v) is 15.1. The van der Waals surface area contributed by atoms with E-state index in [1.54, 1.807) is 0 Å². The van der Waals surface area contributed by atoms with Crippen LogP contribution in [0.1, 0.15) is 40.8 Å². The molecule has 0 aliphatic carbocycles. The van der Waals surface area contributed by atoms with Crippen LogP contribution < -0.4 is 0 Å². The summed E-state index contributed by atoms with van der Waals surface area (Å²) in [6, 6.07) is 10.2. The number of likely N-dealkylation sites (tertiary alicyclic amines) is 1. The number of rotatable bonds is 3. The topological polar surface area (TPSA) is 66.8 Å². The van der Waals surface area contributed by atoms with Crippen molar-refractivity contribution >= 4 is 5.91 Å². The summed E-state index contributed by atoms with van der Waals surface area (Å²) in [5.41, 5.74) is 3.55. The van der Waals surface area contributed by atoms with Crippen LogP contribution in [0.4, 0.5) is 0 Å². The highest BCUT2D eigenvalue weighted by Crippen LogP contribution is 2.25. The molecule has 6 nitrogen and oxygen atoms in total. The Kier molecular flexibility index (Phi) is 4.32. The standard InChI is InChI=1S/C20H23N5O/c1-14-6-3-4-8-17(14)18-12-19(23-22-18)20(26)24-10-5-7-16(13-24)25-11-9-21-15(25)2/h3-4,6,8-9,11-12,16H,5,7,10,13H2,1-2H3,(H,22,23)/t16-/m1/s1. The molecule has 0 radical (unpaired) electrons. The molecule has 26 heavy (non-hydrogen) atoms. The van der Waals surface area contributed by atoms with Crippen LogP contribution in [0.25, 0.3) is 11.3 Å². The van der Waals surface area contributed by atoms with Gasteiger partial charge in [0.1, 0.15) is 11.5 Å². The van der Waals surface area contributed by atoms with Gasteiger partial charge in [-0.15, -0.1) is 0 Å². The summed E-state index contributed by atoms with van der Waals surface area (Å²) in [5.74, 6) is 1.01. The second-order valence-electron chi connectivity index (χ2n) is 6.91. The maximum atomic E-state index is 13.0. The number of hydrogen-bond donors (Lipinski definition) is 1. The average molecular weight is 349 g/mol. The number of piperidine rings is 1. The lowest BCUT2D eigenvalue weighted by Gasteiger charge is -2.33. The van der Waals surface area contributed by atoms with Gasteiger partial charge in [-0.05, 0) is 38.3 Å². The van der Waals surface area contributed by atoms with E-state index in [4.69, 9.17) is 0 Å². The van der Waals surface area contributed by atoms with Crippen molar-refractivity contribution in [1.29, 1.82) is 0 Å². The van der Waals surface area contributed by atoms with E-state index in [1.807, 2.05) is 61.5 Å². The van der Waals surface area contributed by atoms with Gasteiger partial charge >= 0.3 is 0 Å². The molecule has 1 atom stereocenters. The second kappa shape index (κ2) is 6.78. The van der Waals surface area contributed by atoms with Crippen molar-refractivity contribution in [2.24, 2.45) is 0 Å². The van der Waals surface area contributed by atoms with Crippen LogP contribution in [0.5, 0.6) is 0 Å². The molecule has 6 heteroatoms. The molecule has 1 N–H and O–H groups in total. The number of carbonyl (C=O) groups is 1.